The predicted molar refractivity (Wildman–Crippen MR) is 61.4 cm³/mol. The molecule has 0 N–H and O–H groups in total. The first-order valence-electron chi connectivity index (χ1n) is 4.67. The number of pyridine rings is 1. The Kier molecular flexibility index (Phi) is 4.26. The van der Waals surface area contributed by atoms with Crippen LogP contribution in [0, 0.1) is 6.92 Å². The van der Waals surface area contributed by atoms with Crippen LogP contribution in [0.3, 0.4) is 0 Å². The Morgan fingerprint density at radius 2 is 1.86 bits per heavy atom. The molecule has 0 amide bonds. The van der Waals surface area contributed by atoms with Gasteiger partial charge in [-0.25, -0.2) is 0 Å². The van der Waals surface area contributed by atoms with Gasteiger partial charge in [-0.15, -0.1) is 11.3 Å². The zero-order valence-electron chi connectivity index (χ0n) is 8.69. The van der Waals surface area contributed by atoms with Gasteiger partial charge in [-0.2, -0.15) is 0 Å². The Hall–Kier alpha value is -1.22. The topological polar surface area (TPSA) is 25.8 Å². The van der Waals surface area contributed by atoms with Crippen LogP contribution in [0.2, 0.25) is 0 Å². The second-order valence-electron chi connectivity index (χ2n) is 2.62. The van der Waals surface area contributed by atoms with E-state index in [9.17, 15) is 0 Å². The standard InChI is InChI=1S/C9H8N2S.C2H6/c1-7-2-8(4-10-3-7)9-5-11-6-12-9;1-2/h2-6H,1H3;1-2H3. The molecule has 0 spiro atoms. The van der Waals surface area contributed by atoms with Crippen LogP contribution in [0.15, 0.2) is 30.2 Å². The van der Waals surface area contributed by atoms with E-state index in [4.69, 9.17) is 0 Å². The summed E-state index contributed by atoms with van der Waals surface area (Å²) < 4.78 is 0. The maximum atomic E-state index is 4.12. The van der Waals surface area contributed by atoms with E-state index in [1.807, 2.05) is 44.9 Å². The fourth-order valence-electron chi connectivity index (χ4n) is 1.05. The summed E-state index contributed by atoms with van der Waals surface area (Å²) in [7, 11) is 0. The molecule has 2 rings (SSSR count). The SMILES string of the molecule is CC.Cc1cncc(-c2cncs2)c1. The molecule has 2 aromatic heterocycles. The van der Waals surface area contributed by atoms with E-state index < -0.39 is 0 Å². The van der Waals surface area contributed by atoms with Crippen molar-refractivity contribution in [2.45, 2.75) is 20.8 Å². The van der Waals surface area contributed by atoms with Gasteiger partial charge in [0.25, 0.3) is 0 Å². The number of aryl methyl sites for hydroxylation is 1. The number of hydrogen-bond acceptors (Lipinski definition) is 3. The van der Waals surface area contributed by atoms with E-state index in [1.54, 1.807) is 11.3 Å². The highest BCUT2D eigenvalue weighted by Gasteiger charge is 1.98. The highest BCUT2D eigenvalue weighted by atomic mass is 32.1. The highest BCUT2D eigenvalue weighted by molar-refractivity contribution is 7.13. The Balaban J connectivity index is 0.000000461. The van der Waals surface area contributed by atoms with Gasteiger partial charge in [0.2, 0.25) is 0 Å². The molecular formula is C11H14N2S. The lowest BCUT2D eigenvalue weighted by Gasteiger charge is -1.95. The number of hydrogen-bond donors (Lipinski definition) is 0. The number of rotatable bonds is 1. The number of thiazole rings is 1. The molecule has 0 atom stereocenters. The molecule has 2 aromatic rings. The second kappa shape index (κ2) is 5.50. The van der Waals surface area contributed by atoms with Crippen LogP contribution >= 0.6 is 11.3 Å². The minimum absolute atomic E-state index is 1.15. The van der Waals surface area contributed by atoms with Gasteiger partial charge in [0.05, 0.1) is 10.4 Å². The van der Waals surface area contributed by atoms with Crippen molar-refractivity contribution in [2.24, 2.45) is 0 Å². The van der Waals surface area contributed by atoms with Crippen LogP contribution in [0.25, 0.3) is 10.4 Å². The van der Waals surface area contributed by atoms with Crippen LogP contribution in [-0.4, -0.2) is 9.97 Å². The van der Waals surface area contributed by atoms with Crippen molar-refractivity contribution in [1.29, 1.82) is 0 Å². The molecule has 0 aliphatic carbocycles. The summed E-state index contributed by atoms with van der Waals surface area (Å²) in [5.74, 6) is 0. The van der Waals surface area contributed by atoms with E-state index in [-0.39, 0.29) is 0 Å². The quantitative estimate of drug-likeness (QED) is 0.713. The van der Waals surface area contributed by atoms with E-state index in [1.165, 1.54) is 10.4 Å². The normalized spacial score (nSPS) is 9.07. The van der Waals surface area contributed by atoms with Crippen molar-refractivity contribution >= 4 is 11.3 Å². The highest BCUT2D eigenvalue weighted by Crippen LogP contribution is 2.22. The average Bonchev–Trinajstić information content (AvgIpc) is 2.74. The molecule has 0 unspecified atom stereocenters. The molecule has 2 heterocycles. The molecule has 0 fully saturated rings. The lowest BCUT2D eigenvalue weighted by atomic mass is 10.2. The lowest BCUT2D eigenvalue weighted by Crippen LogP contribution is -1.78. The predicted octanol–water partition coefficient (Wildman–Crippen LogP) is 3.54. The number of nitrogens with zero attached hydrogens (tertiary/aromatic N) is 2. The average molecular weight is 206 g/mol. The second-order valence-corrected chi connectivity index (χ2v) is 3.50. The monoisotopic (exact) mass is 206 g/mol. The van der Waals surface area contributed by atoms with Gasteiger partial charge in [-0.05, 0) is 18.6 Å². The summed E-state index contributed by atoms with van der Waals surface area (Å²) in [5, 5.41) is 0. The summed E-state index contributed by atoms with van der Waals surface area (Å²) in [6.45, 7) is 6.04. The molecular weight excluding hydrogens is 192 g/mol. The molecule has 2 nitrogen and oxygen atoms in total. The molecule has 74 valence electrons. The lowest BCUT2D eigenvalue weighted by molar-refractivity contribution is 1.27. The van der Waals surface area contributed by atoms with E-state index >= 15 is 0 Å². The minimum atomic E-state index is 1.15. The first-order chi connectivity index (χ1) is 6.86. The Labute approximate surface area is 88.7 Å². The molecule has 0 bridgehead atoms. The summed E-state index contributed by atoms with van der Waals surface area (Å²) in [5.41, 5.74) is 4.16. The van der Waals surface area contributed by atoms with Crippen LogP contribution in [0.5, 0.6) is 0 Å². The van der Waals surface area contributed by atoms with Crippen molar-refractivity contribution in [3.63, 3.8) is 0 Å². The van der Waals surface area contributed by atoms with Crippen LogP contribution < -0.4 is 0 Å². The van der Waals surface area contributed by atoms with Crippen molar-refractivity contribution in [2.75, 3.05) is 0 Å². The molecule has 0 aliphatic rings. The van der Waals surface area contributed by atoms with Crippen molar-refractivity contribution in [3.05, 3.63) is 35.7 Å². The molecule has 14 heavy (non-hydrogen) atoms. The third-order valence-electron chi connectivity index (χ3n) is 1.59. The van der Waals surface area contributed by atoms with Crippen molar-refractivity contribution < 1.29 is 0 Å². The Morgan fingerprint density at radius 3 is 2.43 bits per heavy atom. The Morgan fingerprint density at radius 1 is 1.07 bits per heavy atom. The first kappa shape index (κ1) is 10.9. The van der Waals surface area contributed by atoms with Gasteiger partial charge >= 0.3 is 0 Å². The van der Waals surface area contributed by atoms with Gasteiger partial charge < -0.3 is 0 Å². The first-order valence-corrected chi connectivity index (χ1v) is 5.55. The van der Waals surface area contributed by atoms with Crippen LogP contribution in [-0.2, 0) is 0 Å². The molecule has 0 aliphatic heterocycles. The van der Waals surface area contributed by atoms with Crippen molar-refractivity contribution in [3.8, 4) is 10.4 Å². The van der Waals surface area contributed by atoms with Crippen molar-refractivity contribution in [1.82, 2.24) is 9.97 Å². The maximum absolute atomic E-state index is 4.12. The van der Waals surface area contributed by atoms with Crippen LogP contribution in [0.1, 0.15) is 19.4 Å². The zero-order valence-corrected chi connectivity index (χ0v) is 9.51. The van der Waals surface area contributed by atoms with Gasteiger partial charge in [0, 0.05) is 24.2 Å². The minimum Gasteiger partial charge on any atom is -0.264 e. The Bertz CT molecular complexity index is 369. The molecule has 0 radical (unpaired) electrons. The zero-order chi connectivity index (χ0) is 10.4. The van der Waals surface area contributed by atoms with Gasteiger partial charge in [-0.3, -0.25) is 9.97 Å². The fraction of sp³-hybridized carbons (Fsp3) is 0.273. The van der Waals surface area contributed by atoms with Gasteiger partial charge in [0.1, 0.15) is 0 Å². The number of aromatic nitrogens is 2. The summed E-state index contributed by atoms with van der Waals surface area (Å²) in [4.78, 5) is 9.31. The summed E-state index contributed by atoms with van der Waals surface area (Å²) >= 11 is 1.63. The van der Waals surface area contributed by atoms with E-state index in [0.29, 0.717) is 0 Å². The smallest absolute Gasteiger partial charge is 0.0797 e. The summed E-state index contributed by atoms with van der Waals surface area (Å²) in [6, 6.07) is 2.11. The van der Waals surface area contributed by atoms with E-state index in [0.717, 1.165) is 5.56 Å². The van der Waals surface area contributed by atoms with Gasteiger partial charge in [-0.1, -0.05) is 13.8 Å². The third kappa shape index (κ3) is 2.64. The maximum Gasteiger partial charge on any atom is 0.0797 e. The fourth-order valence-corrected chi connectivity index (χ4v) is 1.65. The summed E-state index contributed by atoms with van der Waals surface area (Å²) in [6.07, 6.45) is 5.58. The van der Waals surface area contributed by atoms with Gasteiger partial charge in [0.15, 0.2) is 0 Å². The van der Waals surface area contributed by atoms with Crippen LogP contribution in [0.4, 0.5) is 0 Å². The molecule has 0 saturated heterocycles. The largest absolute Gasteiger partial charge is 0.264 e. The molecule has 0 aromatic carbocycles. The molecule has 0 saturated carbocycles. The van der Waals surface area contributed by atoms with E-state index in [2.05, 4.69) is 16.0 Å². The third-order valence-corrected chi connectivity index (χ3v) is 2.41. The molecule has 3 heteroatoms.